The zero-order valence-corrected chi connectivity index (χ0v) is 7.41. The Morgan fingerprint density at radius 2 is 2.20 bits per heavy atom. The molecule has 0 aliphatic rings. The van der Waals surface area contributed by atoms with E-state index < -0.39 is 34.4 Å². The summed E-state index contributed by atoms with van der Waals surface area (Å²) in [6.07, 6.45) is -3.07. The molecular weight excluding hydrogens is 217 g/mol. The lowest BCUT2D eigenvalue weighted by molar-refractivity contribution is -0.390. The summed E-state index contributed by atoms with van der Waals surface area (Å²) in [5, 5.41) is 10.2. The molecule has 0 aromatic carbocycles. The third-order valence-corrected chi connectivity index (χ3v) is 1.57. The maximum absolute atomic E-state index is 13.0. The third kappa shape index (κ3) is 2.14. The molecule has 0 bridgehead atoms. The van der Waals surface area contributed by atoms with Crippen molar-refractivity contribution < 1.29 is 22.8 Å². The standard InChI is InChI=1S/C7H5F3N2O3/c1-15-5-3(6(8)9)2-4(12(13)14)11-7(5)10/h2,6H,1H3. The fraction of sp³-hybridized carbons (Fsp3) is 0.286. The van der Waals surface area contributed by atoms with Crippen LogP contribution in [0.3, 0.4) is 0 Å². The lowest BCUT2D eigenvalue weighted by atomic mass is 10.2. The molecule has 0 atom stereocenters. The van der Waals surface area contributed by atoms with Crippen molar-refractivity contribution >= 4 is 5.82 Å². The van der Waals surface area contributed by atoms with Crippen LogP contribution in [0.1, 0.15) is 12.0 Å². The molecule has 82 valence electrons. The van der Waals surface area contributed by atoms with Gasteiger partial charge in [0, 0.05) is 6.07 Å². The summed E-state index contributed by atoms with van der Waals surface area (Å²) in [4.78, 5) is 12.0. The average molecular weight is 222 g/mol. The lowest BCUT2D eigenvalue weighted by Crippen LogP contribution is -2.02. The highest BCUT2D eigenvalue weighted by Crippen LogP contribution is 2.32. The number of rotatable bonds is 3. The predicted molar refractivity (Wildman–Crippen MR) is 42.4 cm³/mol. The first-order valence-electron chi connectivity index (χ1n) is 3.64. The lowest BCUT2D eigenvalue weighted by Gasteiger charge is -2.05. The van der Waals surface area contributed by atoms with Gasteiger partial charge in [-0.1, -0.05) is 0 Å². The van der Waals surface area contributed by atoms with Gasteiger partial charge in [0.15, 0.2) is 0 Å². The monoisotopic (exact) mass is 222 g/mol. The number of alkyl halides is 2. The molecule has 0 radical (unpaired) electrons. The van der Waals surface area contributed by atoms with Gasteiger partial charge in [-0.2, -0.15) is 4.39 Å². The van der Waals surface area contributed by atoms with Crippen molar-refractivity contribution in [2.75, 3.05) is 7.11 Å². The maximum Gasteiger partial charge on any atom is 0.367 e. The van der Waals surface area contributed by atoms with Crippen LogP contribution in [0.5, 0.6) is 5.75 Å². The minimum atomic E-state index is -3.07. The zero-order valence-electron chi connectivity index (χ0n) is 7.41. The first-order valence-corrected chi connectivity index (χ1v) is 3.64. The van der Waals surface area contributed by atoms with E-state index in [4.69, 9.17) is 0 Å². The molecule has 15 heavy (non-hydrogen) atoms. The van der Waals surface area contributed by atoms with Crippen LogP contribution in [0.4, 0.5) is 19.0 Å². The van der Waals surface area contributed by atoms with Crippen LogP contribution in [0, 0.1) is 16.1 Å². The van der Waals surface area contributed by atoms with Crippen LogP contribution in [0.25, 0.3) is 0 Å². The van der Waals surface area contributed by atoms with Gasteiger partial charge in [-0.25, -0.2) is 8.78 Å². The van der Waals surface area contributed by atoms with Gasteiger partial charge < -0.3 is 14.9 Å². The van der Waals surface area contributed by atoms with E-state index in [9.17, 15) is 23.3 Å². The Morgan fingerprint density at radius 3 is 2.60 bits per heavy atom. The highest BCUT2D eigenvalue weighted by Gasteiger charge is 2.26. The summed E-state index contributed by atoms with van der Waals surface area (Å²) in [5.41, 5.74) is -0.892. The summed E-state index contributed by atoms with van der Waals surface area (Å²) < 4.78 is 42.0. The Labute approximate surface area is 81.6 Å². The number of ether oxygens (including phenoxy) is 1. The molecule has 0 saturated heterocycles. The molecule has 0 aliphatic heterocycles. The minimum absolute atomic E-state index is 0.479. The van der Waals surface area contributed by atoms with Crippen molar-refractivity contribution in [3.05, 3.63) is 27.7 Å². The van der Waals surface area contributed by atoms with E-state index in [1.54, 1.807) is 0 Å². The third-order valence-electron chi connectivity index (χ3n) is 1.57. The van der Waals surface area contributed by atoms with Gasteiger partial charge in [0.25, 0.3) is 6.43 Å². The fourth-order valence-corrected chi connectivity index (χ4v) is 0.965. The number of methoxy groups -OCH3 is 1. The molecule has 1 rings (SSSR count). The van der Waals surface area contributed by atoms with E-state index in [0.717, 1.165) is 7.11 Å². The van der Waals surface area contributed by atoms with Crippen LogP contribution in [-0.2, 0) is 0 Å². The fourth-order valence-electron chi connectivity index (χ4n) is 0.965. The van der Waals surface area contributed by atoms with Crippen LogP contribution in [0.15, 0.2) is 6.07 Å². The highest BCUT2D eigenvalue weighted by atomic mass is 19.3. The minimum Gasteiger partial charge on any atom is -0.490 e. The Hall–Kier alpha value is -1.86. The number of hydrogen-bond acceptors (Lipinski definition) is 4. The van der Waals surface area contributed by atoms with Crippen LogP contribution in [-0.4, -0.2) is 17.0 Å². The first kappa shape index (κ1) is 11.2. The molecule has 1 aromatic rings. The van der Waals surface area contributed by atoms with E-state index in [1.807, 2.05) is 0 Å². The number of nitrogens with zero attached hydrogens (tertiary/aromatic N) is 2. The quantitative estimate of drug-likeness (QED) is 0.446. The van der Waals surface area contributed by atoms with Gasteiger partial charge in [0.05, 0.1) is 12.7 Å². The van der Waals surface area contributed by atoms with Gasteiger partial charge in [0.2, 0.25) is 5.75 Å². The number of pyridine rings is 1. The molecule has 0 spiro atoms. The van der Waals surface area contributed by atoms with E-state index in [2.05, 4.69) is 9.72 Å². The van der Waals surface area contributed by atoms with Crippen molar-refractivity contribution in [2.24, 2.45) is 0 Å². The van der Waals surface area contributed by atoms with Crippen molar-refractivity contribution in [3.8, 4) is 5.75 Å². The summed E-state index contributed by atoms with van der Waals surface area (Å²) in [6, 6.07) is 0.479. The second-order valence-corrected chi connectivity index (χ2v) is 2.45. The molecule has 1 heterocycles. The molecular formula is C7H5F3N2O3. The number of aromatic nitrogens is 1. The van der Waals surface area contributed by atoms with Gasteiger partial charge in [-0.15, -0.1) is 0 Å². The maximum atomic E-state index is 13.0. The molecule has 8 heteroatoms. The smallest absolute Gasteiger partial charge is 0.367 e. The summed E-state index contributed by atoms with van der Waals surface area (Å²) >= 11 is 0. The predicted octanol–water partition coefficient (Wildman–Crippen LogP) is 2.08. The normalized spacial score (nSPS) is 10.5. The van der Waals surface area contributed by atoms with Crippen molar-refractivity contribution in [2.45, 2.75) is 6.43 Å². The second kappa shape index (κ2) is 4.11. The number of halogens is 3. The van der Waals surface area contributed by atoms with Crippen molar-refractivity contribution in [1.82, 2.24) is 4.98 Å². The van der Waals surface area contributed by atoms with Gasteiger partial charge in [-0.05, 0) is 9.91 Å². The highest BCUT2D eigenvalue weighted by molar-refractivity contribution is 5.39. The SMILES string of the molecule is COc1c(C(F)F)cc([N+](=O)[O-])nc1F. The summed E-state index contributed by atoms with van der Waals surface area (Å²) in [5.74, 6) is -3.19. The zero-order chi connectivity index (χ0) is 11.6. The Morgan fingerprint density at radius 1 is 1.60 bits per heavy atom. The van der Waals surface area contributed by atoms with E-state index in [1.165, 1.54) is 0 Å². The molecule has 0 amide bonds. The molecule has 5 nitrogen and oxygen atoms in total. The van der Waals surface area contributed by atoms with Crippen molar-refractivity contribution in [1.29, 1.82) is 0 Å². The molecule has 1 aromatic heterocycles. The summed E-state index contributed by atoms with van der Waals surface area (Å²) in [7, 11) is 0.970. The molecule has 0 unspecified atom stereocenters. The topological polar surface area (TPSA) is 65.3 Å². The van der Waals surface area contributed by atoms with E-state index in [-0.39, 0.29) is 0 Å². The summed E-state index contributed by atoms with van der Waals surface area (Å²) in [6.45, 7) is 0. The molecule has 0 fully saturated rings. The average Bonchev–Trinajstić information content (AvgIpc) is 2.16. The molecule has 0 saturated carbocycles. The van der Waals surface area contributed by atoms with Gasteiger partial charge in [-0.3, -0.25) is 0 Å². The van der Waals surface area contributed by atoms with E-state index in [0.29, 0.717) is 6.07 Å². The molecule has 0 aliphatic carbocycles. The number of hydrogen-bond donors (Lipinski definition) is 0. The Bertz CT molecular complexity index is 397. The van der Waals surface area contributed by atoms with Gasteiger partial charge >= 0.3 is 11.8 Å². The van der Waals surface area contributed by atoms with Crippen LogP contribution >= 0.6 is 0 Å². The van der Waals surface area contributed by atoms with Crippen LogP contribution in [0.2, 0.25) is 0 Å². The van der Waals surface area contributed by atoms with Crippen LogP contribution < -0.4 is 4.74 Å². The van der Waals surface area contributed by atoms with E-state index >= 15 is 0 Å². The number of nitro groups is 1. The second-order valence-electron chi connectivity index (χ2n) is 2.45. The Balaban J connectivity index is 3.38. The molecule has 0 N–H and O–H groups in total. The largest absolute Gasteiger partial charge is 0.490 e. The van der Waals surface area contributed by atoms with Gasteiger partial charge in [0.1, 0.15) is 0 Å². The van der Waals surface area contributed by atoms with Crippen molar-refractivity contribution in [3.63, 3.8) is 0 Å². The Kier molecular flexibility index (Phi) is 3.08. The first-order chi connectivity index (χ1) is 6.97.